The number of nitrogens with zero attached hydrogens (tertiary/aromatic N) is 1. The lowest BCUT2D eigenvalue weighted by Gasteiger charge is -2.39. The van der Waals surface area contributed by atoms with Gasteiger partial charge in [0.25, 0.3) is 0 Å². The molecule has 0 aromatic carbocycles. The van der Waals surface area contributed by atoms with Crippen molar-refractivity contribution in [1.82, 2.24) is 10.2 Å². The number of hydrogen-bond acceptors (Lipinski definition) is 3. The largest absolute Gasteiger partial charge is 0.396 e. The highest BCUT2D eigenvalue weighted by Crippen LogP contribution is 2.59. The molecule has 4 nitrogen and oxygen atoms in total. The van der Waals surface area contributed by atoms with Crippen LogP contribution in [-0.2, 0) is 4.79 Å². The predicted molar refractivity (Wildman–Crippen MR) is 59.8 cm³/mol. The number of rotatable bonds is 2. The van der Waals surface area contributed by atoms with Crippen molar-refractivity contribution in [2.75, 3.05) is 32.8 Å². The molecule has 1 unspecified atom stereocenters. The van der Waals surface area contributed by atoms with Gasteiger partial charge in [0.1, 0.15) is 0 Å². The fourth-order valence-corrected chi connectivity index (χ4v) is 3.26. The summed E-state index contributed by atoms with van der Waals surface area (Å²) in [4.78, 5) is 14.1. The maximum absolute atomic E-state index is 12.1. The van der Waals surface area contributed by atoms with E-state index < -0.39 is 0 Å². The van der Waals surface area contributed by atoms with Gasteiger partial charge in [0.15, 0.2) is 0 Å². The molecule has 1 aliphatic carbocycles. The van der Waals surface area contributed by atoms with Gasteiger partial charge in [-0.05, 0) is 37.8 Å². The van der Waals surface area contributed by atoms with Gasteiger partial charge in [0.2, 0.25) is 5.91 Å². The van der Waals surface area contributed by atoms with Gasteiger partial charge in [-0.2, -0.15) is 0 Å². The summed E-state index contributed by atoms with van der Waals surface area (Å²) in [6.07, 6.45) is 3.44. The molecule has 0 aromatic rings. The molecule has 2 heterocycles. The first kappa shape index (κ1) is 10.5. The average molecular weight is 224 g/mol. The van der Waals surface area contributed by atoms with Crippen LogP contribution >= 0.6 is 0 Å². The van der Waals surface area contributed by atoms with Gasteiger partial charge < -0.3 is 15.3 Å². The second kappa shape index (κ2) is 3.70. The normalized spacial score (nSPS) is 32.6. The van der Waals surface area contributed by atoms with Crippen LogP contribution in [0.1, 0.15) is 19.3 Å². The monoisotopic (exact) mass is 224 g/mol. The topological polar surface area (TPSA) is 52.6 Å². The number of aliphatic hydroxyl groups is 1. The first-order chi connectivity index (χ1) is 7.75. The quantitative estimate of drug-likeness (QED) is 0.684. The Morgan fingerprint density at radius 3 is 2.69 bits per heavy atom. The summed E-state index contributed by atoms with van der Waals surface area (Å²) in [6, 6.07) is 0. The molecule has 3 rings (SSSR count). The summed E-state index contributed by atoms with van der Waals surface area (Å²) < 4.78 is 0. The predicted octanol–water partition coefficient (Wildman–Crippen LogP) is -0.173. The van der Waals surface area contributed by atoms with Crippen LogP contribution in [0.5, 0.6) is 0 Å². The van der Waals surface area contributed by atoms with Gasteiger partial charge in [0, 0.05) is 31.5 Å². The van der Waals surface area contributed by atoms with Crippen molar-refractivity contribution < 1.29 is 9.90 Å². The van der Waals surface area contributed by atoms with Crippen LogP contribution in [0.2, 0.25) is 0 Å². The molecule has 1 atom stereocenters. The second-order valence-corrected chi connectivity index (χ2v) is 5.66. The Kier molecular flexibility index (Phi) is 2.44. The summed E-state index contributed by atoms with van der Waals surface area (Å²) in [7, 11) is 0. The molecule has 16 heavy (non-hydrogen) atoms. The first-order valence-corrected chi connectivity index (χ1v) is 6.35. The number of likely N-dealkylation sites (tertiary alicyclic amines) is 1. The van der Waals surface area contributed by atoms with Crippen LogP contribution in [0.3, 0.4) is 0 Å². The van der Waals surface area contributed by atoms with Gasteiger partial charge in [-0.15, -0.1) is 0 Å². The molecule has 1 spiro atoms. The number of carbonyl (C=O) groups excluding carboxylic acids is 1. The Labute approximate surface area is 96.0 Å². The molecule has 3 aliphatic rings. The van der Waals surface area contributed by atoms with Gasteiger partial charge >= 0.3 is 0 Å². The van der Waals surface area contributed by atoms with Gasteiger partial charge in [0.05, 0.1) is 0 Å². The van der Waals surface area contributed by atoms with Crippen molar-refractivity contribution in [3.63, 3.8) is 0 Å². The Morgan fingerprint density at radius 2 is 2.06 bits per heavy atom. The summed E-state index contributed by atoms with van der Waals surface area (Å²) >= 11 is 0. The molecule has 0 bridgehead atoms. The molecule has 2 saturated heterocycles. The average Bonchev–Trinajstić information content (AvgIpc) is 2.91. The number of nitrogens with one attached hydrogen (secondary N) is 1. The second-order valence-electron chi connectivity index (χ2n) is 5.66. The molecule has 0 aromatic heterocycles. The summed E-state index contributed by atoms with van der Waals surface area (Å²) in [5, 5.41) is 12.3. The Hall–Kier alpha value is -0.610. The van der Waals surface area contributed by atoms with E-state index in [4.69, 9.17) is 5.11 Å². The standard InChI is InChI=1S/C12H20N2O2/c15-8-9-6-14(7-9)11(16)10-5-12(10)1-3-13-4-2-12/h9-10,13,15H,1-8H2. The molecule has 1 amide bonds. The summed E-state index contributed by atoms with van der Waals surface area (Å²) in [5.41, 5.74) is 0.354. The number of hydrogen-bond donors (Lipinski definition) is 2. The van der Waals surface area contributed by atoms with Crippen molar-refractivity contribution in [3.8, 4) is 0 Å². The van der Waals surface area contributed by atoms with E-state index in [1.165, 1.54) is 12.8 Å². The van der Waals surface area contributed by atoms with E-state index >= 15 is 0 Å². The third kappa shape index (κ3) is 1.55. The number of aliphatic hydroxyl groups excluding tert-OH is 1. The van der Waals surface area contributed by atoms with Crippen LogP contribution < -0.4 is 5.32 Å². The van der Waals surface area contributed by atoms with Gasteiger partial charge in [-0.25, -0.2) is 0 Å². The Bertz CT molecular complexity index is 293. The lowest BCUT2D eigenvalue weighted by atomic mass is 9.90. The van der Waals surface area contributed by atoms with Crippen LogP contribution in [0.15, 0.2) is 0 Å². The Balaban J connectivity index is 1.54. The van der Waals surface area contributed by atoms with E-state index in [9.17, 15) is 4.79 Å². The van der Waals surface area contributed by atoms with E-state index in [0.29, 0.717) is 23.2 Å². The number of piperidine rings is 1. The van der Waals surface area contributed by atoms with Crippen LogP contribution in [0.4, 0.5) is 0 Å². The molecule has 0 radical (unpaired) electrons. The zero-order chi connectivity index (χ0) is 11.2. The highest BCUT2D eigenvalue weighted by atomic mass is 16.3. The molecule has 1 saturated carbocycles. The van der Waals surface area contributed by atoms with E-state index in [1.807, 2.05) is 4.90 Å². The Morgan fingerprint density at radius 1 is 1.38 bits per heavy atom. The molecular weight excluding hydrogens is 204 g/mol. The van der Waals surface area contributed by atoms with Crippen molar-refractivity contribution >= 4 is 5.91 Å². The zero-order valence-electron chi connectivity index (χ0n) is 9.61. The van der Waals surface area contributed by atoms with E-state index in [2.05, 4.69) is 5.32 Å². The molecular formula is C12H20N2O2. The highest BCUT2D eigenvalue weighted by Gasteiger charge is 2.59. The van der Waals surface area contributed by atoms with Gasteiger partial charge in [-0.3, -0.25) is 4.79 Å². The summed E-state index contributed by atoms with van der Waals surface area (Å²) in [6.45, 7) is 3.93. The molecule has 90 valence electrons. The van der Waals surface area contributed by atoms with E-state index in [-0.39, 0.29) is 6.61 Å². The smallest absolute Gasteiger partial charge is 0.226 e. The van der Waals surface area contributed by atoms with E-state index in [0.717, 1.165) is 32.6 Å². The number of amides is 1. The fraction of sp³-hybridized carbons (Fsp3) is 0.917. The van der Waals surface area contributed by atoms with Crippen molar-refractivity contribution in [1.29, 1.82) is 0 Å². The minimum Gasteiger partial charge on any atom is -0.396 e. The lowest BCUT2D eigenvalue weighted by molar-refractivity contribution is -0.140. The van der Waals surface area contributed by atoms with Crippen LogP contribution in [-0.4, -0.2) is 48.7 Å². The highest BCUT2D eigenvalue weighted by molar-refractivity contribution is 5.83. The zero-order valence-corrected chi connectivity index (χ0v) is 9.61. The van der Waals surface area contributed by atoms with E-state index in [1.54, 1.807) is 0 Å². The maximum Gasteiger partial charge on any atom is 0.226 e. The SMILES string of the molecule is O=C(C1CC12CCNCC2)N1CC(CO)C1. The van der Waals surface area contributed by atoms with Gasteiger partial charge in [-0.1, -0.05) is 0 Å². The van der Waals surface area contributed by atoms with Crippen molar-refractivity contribution in [3.05, 3.63) is 0 Å². The fourth-order valence-electron chi connectivity index (χ4n) is 3.26. The molecule has 3 fully saturated rings. The summed E-state index contributed by atoms with van der Waals surface area (Å²) in [5.74, 6) is 0.993. The minimum absolute atomic E-state index is 0.226. The third-order valence-corrected chi connectivity index (χ3v) is 4.61. The van der Waals surface area contributed by atoms with Crippen LogP contribution in [0.25, 0.3) is 0 Å². The van der Waals surface area contributed by atoms with Crippen molar-refractivity contribution in [2.45, 2.75) is 19.3 Å². The molecule has 2 N–H and O–H groups in total. The lowest BCUT2D eigenvalue weighted by Crippen LogP contribution is -2.52. The first-order valence-electron chi connectivity index (χ1n) is 6.35. The third-order valence-electron chi connectivity index (χ3n) is 4.61. The maximum atomic E-state index is 12.1. The molecule has 4 heteroatoms. The van der Waals surface area contributed by atoms with Crippen LogP contribution in [0, 0.1) is 17.3 Å². The van der Waals surface area contributed by atoms with Crippen molar-refractivity contribution in [2.24, 2.45) is 17.3 Å². The molecule has 2 aliphatic heterocycles. The minimum atomic E-state index is 0.226. The number of carbonyl (C=O) groups is 1.